The molecule has 4 aromatic carbocycles. The standard InChI is InChI=1S/C35H35ClN6O5S/c1-47-28-12-10-27(11-13-28)42-34(39-31-22-25(36)7-16-30(31)35(42)44)32(21-24-5-3-2-4-6-24)38-33(43)23-40-17-19-41(20-18-40)48(45,46)29-14-8-26(37)9-15-29/h2-16,22,32H,17-21,23,37H2,1H3,(H,38,43)/t32-/m0/s1. The van der Waals surface area contributed by atoms with Crippen molar-refractivity contribution in [2.24, 2.45) is 0 Å². The molecule has 1 saturated heterocycles. The maximum Gasteiger partial charge on any atom is 0.266 e. The number of hydrogen-bond donors (Lipinski definition) is 2. The van der Waals surface area contributed by atoms with E-state index in [4.69, 9.17) is 27.1 Å². The molecule has 248 valence electrons. The number of hydrogen-bond acceptors (Lipinski definition) is 8. The third kappa shape index (κ3) is 7.21. The van der Waals surface area contributed by atoms with Crippen LogP contribution in [0.2, 0.25) is 5.02 Å². The number of anilines is 1. The molecule has 0 saturated carbocycles. The fourth-order valence-electron chi connectivity index (χ4n) is 5.81. The SMILES string of the molecule is COc1ccc(-n2c([C@H](Cc3ccccc3)NC(=O)CN3CCN(S(=O)(=O)c4ccc(N)cc4)CC3)nc3cc(Cl)ccc3c2=O)cc1. The summed E-state index contributed by atoms with van der Waals surface area (Å²) in [5.74, 6) is 0.688. The number of ether oxygens (including phenoxy) is 1. The van der Waals surface area contributed by atoms with Gasteiger partial charge in [0.1, 0.15) is 11.6 Å². The Morgan fingerprint density at radius 2 is 1.65 bits per heavy atom. The maximum absolute atomic E-state index is 14.1. The summed E-state index contributed by atoms with van der Waals surface area (Å²) in [6, 6.07) is 27.0. The van der Waals surface area contributed by atoms with Crippen LogP contribution in [0.15, 0.2) is 107 Å². The third-order valence-electron chi connectivity index (χ3n) is 8.33. The molecule has 0 unspecified atom stereocenters. The quantitative estimate of drug-likeness (QED) is 0.210. The average molecular weight is 687 g/mol. The van der Waals surface area contributed by atoms with Crippen molar-refractivity contribution in [2.45, 2.75) is 17.4 Å². The lowest BCUT2D eigenvalue weighted by Gasteiger charge is -2.34. The third-order valence-corrected chi connectivity index (χ3v) is 10.5. The summed E-state index contributed by atoms with van der Waals surface area (Å²) in [5, 5.41) is 3.96. The topological polar surface area (TPSA) is 140 Å². The first-order valence-electron chi connectivity index (χ1n) is 15.4. The molecule has 2 heterocycles. The predicted molar refractivity (Wildman–Crippen MR) is 186 cm³/mol. The number of aromatic nitrogens is 2. The highest BCUT2D eigenvalue weighted by atomic mass is 35.5. The summed E-state index contributed by atoms with van der Waals surface area (Å²) < 4.78 is 34.6. The van der Waals surface area contributed by atoms with Gasteiger partial charge < -0.3 is 15.8 Å². The molecule has 1 aliphatic rings. The minimum Gasteiger partial charge on any atom is -0.497 e. The predicted octanol–water partition coefficient (Wildman–Crippen LogP) is 4.04. The van der Waals surface area contributed by atoms with Crippen LogP contribution in [0.4, 0.5) is 5.69 Å². The van der Waals surface area contributed by atoms with Gasteiger partial charge in [-0.1, -0.05) is 41.9 Å². The molecular weight excluding hydrogens is 652 g/mol. The minimum absolute atomic E-state index is 0.0349. The number of nitrogens with zero attached hydrogens (tertiary/aromatic N) is 4. The zero-order chi connectivity index (χ0) is 33.8. The van der Waals surface area contributed by atoms with E-state index in [1.807, 2.05) is 35.2 Å². The number of methoxy groups -OCH3 is 1. The van der Waals surface area contributed by atoms with E-state index in [-0.39, 0.29) is 36.0 Å². The van der Waals surface area contributed by atoms with Crippen LogP contribution in [-0.4, -0.2) is 72.9 Å². The Labute approximate surface area is 283 Å². The first kappa shape index (κ1) is 33.2. The van der Waals surface area contributed by atoms with E-state index in [1.54, 1.807) is 61.7 Å². The van der Waals surface area contributed by atoms with Crippen molar-refractivity contribution < 1.29 is 17.9 Å². The number of benzene rings is 4. The molecule has 0 spiro atoms. The summed E-state index contributed by atoms with van der Waals surface area (Å²) in [4.78, 5) is 34.8. The van der Waals surface area contributed by atoms with Crippen LogP contribution in [0.5, 0.6) is 5.75 Å². The monoisotopic (exact) mass is 686 g/mol. The molecule has 11 nitrogen and oxygen atoms in total. The minimum atomic E-state index is -3.69. The normalized spacial score (nSPS) is 14.9. The Bertz CT molecular complexity index is 2080. The molecule has 48 heavy (non-hydrogen) atoms. The Morgan fingerprint density at radius 3 is 2.31 bits per heavy atom. The van der Waals surface area contributed by atoms with E-state index < -0.39 is 16.1 Å². The second-order valence-corrected chi connectivity index (χ2v) is 13.9. The first-order valence-corrected chi connectivity index (χ1v) is 17.2. The van der Waals surface area contributed by atoms with Gasteiger partial charge in [-0.25, -0.2) is 13.4 Å². The smallest absolute Gasteiger partial charge is 0.266 e. The molecule has 5 aromatic rings. The van der Waals surface area contributed by atoms with Crippen molar-refractivity contribution >= 4 is 44.1 Å². The van der Waals surface area contributed by atoms with Crippen LogP contribution in [0.1, 0.15) is 17.4 Å². The molecule has 0 aliphatic carbocycles. The Morgan fingerprint density at radius 1 is 0.958 bits per heavy atom. The van der Waals surface area contributed by atoms with Gasteiger partial charge in [-0.05, 0) is 78.7 Å². The number of rotatable bonds is 10. The molecular formula is C35H35ClN6O5S. The molecule has 13 heteroatoms. The summed E-state index contributed by atoms with van der Waals surface area (Å²) in [7, 11) is -2.12. The van der Waals surface area contributed by atoms with Crippen LogP contribution in [0.25, 0.3) is 16.6 Å². The van der Waals surface area contributed by atoms with Gasteiger partial charge in [0, 0.05) is 36.9 Å². The molecule has 6 rings (SSSR count). The lowest BCUT2D eigenvalue weighted by atomic mass is 10.0. The molecule has 1 aliphatic heterocycles. The number of nitrogen functional groups attached to an aromatic ring is 1. The number of halogens is 1. The van der Waals surface area contributed by atoms with E-state index >= 15 is 0 Å². The van der Waals surface area contributed by atoms with Crippen molar-refractivity contribution in [3.05, 3.63) is 124 Å². The summed E-state index contributed by atoms with van der Waals surface area (Å²) in [5.41, 5.74) is 7.82. The summed E-state index contributed by atoms with van der Waals surface area (Å²) >= 11 is 6.31. The summed E-state index contributed by atoms with van der Waals surface area (Å²) in [6.45, 7) is 1.24. The van der Waals surface area contributed by atoms with Gasteiger partial charge >= 0.3 is 0 Å². The van der Waals surface area contributed by atoms with Crippen molar-refractivity contribution in [3.63, 3.8) is 0 Å². The Balaban J connectivity index is 1.28. The number of fused-ring (bicyclic) bond motifs is 1. The van der Waals surface area contributed by atoms with Crippen molar-refractivity contribution in [1.29, 1.82) is 0 Å². The van der Waals surface area contributed by atoms with E-state index in [0.717, 1.165) is 5.56 Å². The van der Waals surface area contributed by atoms with Gasteiger partial charge in [-0.15, -0.1) is 0 Å². The van der Waals surface area contributed by atoms with Gasteiger partial charge in [0.05, 0.1) is 41.2 Å². The van der Waals surface area contributed by atoms with Crippen LogP contribution in [0.3, 0.4) is 0 Å². The largest absolute Gasteiger partial charge is 0.497 e. The number of piperazine rings is 1. The first-order chi connectivity index (χ1) is 23.1. The molecule has 1 fully saturated rings. The van der Waals surface area contributed by atoms with Gasteiger partial charge in [0.15, 0.2) is 0 Å². The summed E-state index contributed by atoms with van der Waals surface area (Å²) in [6.07, 6.45) is 0.356. The molecule has 1 amide bonds. The molecule has 1 atom stereocenters. The number of sulfonamides is 1. The zero-order valence-corrected chi connectivity index (χ0v) is 27.8. The Kier molecular flexibility index (Phi) is 9.78. The highest BCUT2D eigenvalue weighted by molar-refractivity contribution is 7.89. The van der Waals surface area contributed by atoms with Crippen LogP contribution < -0.4 is 21.3 Å². The number of amides is 1. The van der Waals surface area contributed by atoms with E-state index in [2.05, 4.69) is 5.32 Å². The average Bonchev–Trinajstić information content (AvgIpc) is 3.09. The van der Waals surface area contributed by atoms with Gasteiger partial charge in [-0.3, -0.25) is 19.1 Å². The number of nitrogens with two attached hydrogens (primary N) is 1. The van der Waals surface area contributed by atoms with Gasteiger partial charge in [0.25, 0.3) is 5.56 Å². The molecule has 0 radical (unpaired) electrons. The van der Waals surface area contributed by atoms with Crippen LogP contribution in [-0.2, 0) is 21.2 Å². The van der Waals surface area contributed by atoms with Crippen molar-refractivity contribution in [1.82, 2.24) is 24.1 Å². The highest BCUT2D eigenvalue weighted by Crippen LogP contribution is 2.25. The number of carbonyl (C=O) groups excluding carboxylic acids is 1. The van der Waals surface area contributed by atoms with Gasteiger partial charge in [-0.2, -0.15) is 4.31 Å². The maximum atomic E-state index is 14.1. The Hall–Kier alpha value is -4.75. The van der Waals surface area contributed by atoms with E-state index in [0.29, 0.717) is 58.4 Å². The van der Waals surface area contributed by atoms with Crippen molar-refractivity contribution in [2.75, 3.05) is 45.6 Å². The molecule has 0 bridgehead atoms. The van der Waals surface area contributed by atoms with Crippen LogP contribution in [0, 0.1) is 0 Å². The fraction of sp³-hybridized carbons (Fsp3) is 0.229. The van der Waals surface area contributed by atoms with E-state index in [1.165, 1.54) is 21.0 Å². The number of nitrogens with one attached hydrogen (secondary N) is 1. The van der Waals surface area contributed by atoms with Gasteiger partial charge in [0.2, 0.25) is 15.9 Å². The lowest BCUT2D eigenvalue weighted by Crippen LogP contribution is -2.51. The lowest BCUT2D eigenvalue weighted by molar-refractivity contribution is -0.123. The molecule has 3 N–H and O–H groups in total. The zero-order valence-electron chi connectivity index (χ0n) is 26.3. The second-order valence-electron chi connectivity index (χ2n) is 11.5. The molecule has 1 aromatic heterocycles. The highest BCUT2D eigenvalue weighted by Gasteiger charge is 2.30. The van der Waals surface area contributed by atoms with E-state index in [9.17, 15) is 18.0 Å². The fourth-order valence-corrected chi connectivity index (χ4v) is 7.40. The van der Waals surface area contributed by atoms with Crippen LogP contribution >= 0.6 is 11.6 Å². The van der Waals surface area contributed by atoms with Crippen molar-refractivity contribution in [3.8, 4) is 11.4 Å². The number of carbonyl (C=O) groups is 1. The second kappa shape index (κ2) is 14.2.